The molecule has 28 heavy (non-hydrogen) atoms. The molecule has 0 unspecified atom stereocenters. The van der Waals surface area contributed by atoms with E-state index in [9.17, 15) is 22.0 Å². The second-order valence-electron chi connectivity index (χ2n) is 6.64. The number of anilines is 1. The maximum atomic E-state index is 13.9. The van der Waals surface area contributed by atoms with E-state index in [0.29, 0.717) is 13.2 Å². The smallest absolute Gasteiger partial charge is 0.258 e. The highest BCUT2D eigenvalue weighted by molar-refractivity contribution is 7.89. The number of carbonyl (C=O) groups excluding carboxylic acids is 1. The van der Waals surface area contributed by atoms with Crippen molar-refractivity contribution in [3.63, 3.8) is 0 Å². The fourth-order valence-corrected chi connectivity index (χ4v) is 4.97. The Bertz CT molecular complexity index is 1040. The Morgan fingerprint density at radius 2 is 1.79 bits per heavy atom. The molecule has 0 aromatic heterocycles. The highest BCUT2D eigenvalue weighted by Gasteiger charge is 2.31. The first-order chi connectivity index (χ1) is 13.4. The molecule has 0 atom stereocenters. The van der Waals surface area contributed by atoms with Crippen LogP contribution in [0.15, 0.2) is 41.3 Å². The van der Waals surface area contributed by atoms with Crippen molar-refractivity contribution in [1.29, 1.82) is 0 Å². The van der Waals surface area contributed by atoms with Gasteiger partial charge in [-0.05, 0) is 30.7 Å². The summed E-state index contributed by atoms with van der Waals surface area (Å²) in [5, 5.41) is 0. The minimum atomic E-state index is -3.75. The number of halogens is 2. The molecule has 0 N–H and O–H groups in total. The Balaban J connectivity index is 1.65. The summed E-state index contributed by atoms with van der Waals surface area (Å²) >= 11 is 0. The van der Waals surface area contributed by atoms with Crippen LogP contribution in [0.5, 0.6) is 0 Å². The summed E-state index contributed by atoms with van der Waals surface area (Å²) in [5.74, 6) is -1.95. The molecular weight excluding hydrogens is 390 g/mol. The molecule has 1 amide bonds. The SMILES string of the molecule is O=C(c1cccc(S(=O)(=O)N2CCOCC2)c1)N1CCc2c(F)cc(F)cc21. The third-order valence-electron chi connectivity index (χ3n) is 4.95. The predicted octanol–water partition coefficient (Wildman–Crippen LogP) is 2.19. The van der Waals surface area contributed by atoms with Gasteiger partial charge in [0.05, 0.1) is 23.8 Å². The number of benzene rings is 2. The van der Waals surface area contributed by atoms with Crippen LogP contribution in [0, 0.1) is 11.6 Å². The number of ether oxygens (including phenoxy) is 1. The third-order valence-corrected chi connectivity index (χ3v) is 6.84. The number of morpholine rings is 1. The normalized spacial score (nSPS) is 17.6. The van der Waals surface area contributed by atoms with E-state index in [2.05, 4.69) is 0 Å². The number of nitrogens with zero attached hydrogens (tertiary/aromatic N) is 2. The zero-order valence-electron chi connectivity index (χ0n) is 14.9. The summed E-state index contributed by atoms with van der Waals surface area (Å²) in [5.41, 5.74) is 0.614. The van der Waals surface area contributed by atoms with Crippen LogP contribution < -0.4 is 4.90 Å². The topological polar surface area (TPSA) is 66.9 Å². The Labute approximate surface area is 161 Å². The van der Waals surface area contributed by atoms with Crippen molar-refractivity contribution in [2.75, 3.05) is 37.7 Å². The van der Waals surface area contributed by atoms with Gasteiger partial charge in [-0.25, -0.2) is 17.2 Å². The van der Waals surface area contributed by atoms with E-state index in [1.54, 1.807) is 0 Å². The number of carbonyl (C=O) groups is 1. The molecule has 0 saturated carbocycles. The van der Waals surface area contributed by atoms with Crippen molar-refractivity contribution in [1.82, 2.24) is 4.31 Å². The fraction of sp³-hybridized carbons (Fsp3) is 0.316. The minimum Gasteiger partial charge on any atom is -0.379 e. The van der Waals surface area contributed by atoms with Gasteiger partial charge in [-0.2, -0.15) is 4.31 Å². The summed E-state index contributed by atoms with van der Waals surface area (Å²) in [6.45, 7) is 1.34. The zero-order chi connectivity index (χ0) is 19.9. The number of hydrogen-bond donors (Lipinski definition) is 0. The van der Waals surface area contributed by atoms with E-state index < -0.39 is 27.6 Å². The van der Waals surface area contributed by atoms with E-state index in [0.717, 1.165) is 12.1 Å². The van der Waals surface area contributed by atoms with Crippen LogP contribution in [0.2, 0.25) is 0 Å². The van der Waals surface area contributed by atoms with Crippen LogP contribution >= 0.6 is 0 Å². The van der Waals surface area contributed by atoms with Gasteiger partial charge >= 0.3 is 0 Å². The molecule has 2 aliphatic heterocycles. The lowest BCUT2D eigenvalue weighted by molar-refractivity contribution is 0.0730. The minimum absolute atomic E-state index is 0.00472. The molecule has 2 aliphatic rings. The van der Waals surface area contributed by atoms with Crippen molar-refractivity contribution in [3.8, 4) is 0 Å². The van der Waals surface area contributed by atoms with Gasteiger partial charge in [0.25, 0.3) is 5.91 Å². The largest absolute Gasteiger partial charge is 0.379 e. The molecule has 0 bridgehead atoms. The van der Waals surface area contributed by atoms with Gasteiger partial charge in [-0.1, -0.05) is 6.07 Å². The quantitative estimate of drug-likeness (QED) is 0.781. The van der Waals surface area contributed by atoms with Gasteiger partial charge in [-0.3, -0.25) is 4.79 Å². The number of fused-ring (bicyclic) bond motifs is 1. The molecule has 2 heterocycles. The fourth-order valence-electron chi connectivity index (χ4n) is 3.51. The number of rotatable bonds is 3. The molecule has 0 aliphatic carbocycles. The van der Waals surface area contributed by atoms with E-state index in [4.69, 9.17) is 4.74 Å². The Kier molecular flexibility index (Phi) is 4.90. The van der Waals surface area contributed by atoms with Gasteiger partial charge in [0, 0.05) is 36.8 Å². The van der Waals surface area contributed by atoms with E-state index >= 15 is 0 Å². The average molecular weight is 408 g/mol. The molecule has 2 aromatic carbocycles. The van der Waals surface area contributed by atoms with Crippen molar-refractivity contribution >= 4 is 21.6 Å². The molecule has 1 saturated heterocycles. The van der Waals surface area contributed by atoms with Gasteiger partial charge in [-0.15, -0.1) is 0 Å². The van der Waals surface area contributed by atoms with Crippen LogP contribution in [-0.4, -0.2) is 51.5 Å². The molecule has 0 radical (unpaired) electrons. The first-order valence-corrected chi connectivity index (χ1v) is 10.3. The molecule has 6 nitrogen and oxygen atoms in total. The first-order valence-electron chi connectivity index (χ1n) is 8.85. The second kappa shape index (κ2) is 7.23. The maximum Gasteiger partial charge on any atom is 0.258 e. The summed E-state index contributed by atoms with van der Waals surface area (Å²) in [6, 6.07) is 7.64. The summed E-state index contributed by atoms with van der Waals surface area (Å²) < 4.78 is 59.7. The summed E-state index contributed by atoms with van der Waals surface area (Å²) in [6.07, 6.45) is 0.277. The number of sulfonamides is 1. The maximum absolute atomic E-state index is 13.9. The molecule has 148 valence electrons. The molecular formula is C19H18F2N2O4S. The number of amides is 1. The summed E-state index contributed by atoms with van der Waals surface area (Å²) in [7, 11) is -3.75. The van der Waals surface area contributed by atoms with Crippen LogP contribution in [0.4, 0.5) is 14.5 Å². The Morgan fingerprint density at radius 1 is 1.04 bits per heavy atom. The van der Waals surface area contributed by atoms with E-state index in [-0.39, 0.29) is 47.8 Å². The molecule has 1 fully saturated rings. The van der Waals surface area contributed by atoms with Gasteiger partial charge < -0.3 is 9.64 Å². The predicted molar refractivity (Wildman–Crippen MR) is 97.8 cm³/mol. The highest BCUT2D eigenvalue weighted by Crippen LogP contribution is 2.32. The molecule has 4 rings (SSSR count). The Hall–Kier alpha value is -2.36. The average Bonchev–Trinajstić information content (AvgIpc) is 3.12. The van der Waals surface area contributed by atoms with Crippen molar-refractivity contribution in [3.05, 3.63) is 59.2 Å². The van der Waals surface area contributed by atoms with Crippen LogP contribution in [0.1, 0.15) is 15.9 Å². The Morgan fingerprint density at radius 3 is 2.54 bits per heavy atom. The van der Waals surface area contributed by atoms with Crippen molar-refractivity contribution < 1.29 is 26.7 Å². The van der Waals surface area contributed by atoms with Gasteiger partial charge in [0.15, 0.2) is 0 Å². The van der Waals surface area contributed by atoms with Crippen LogP contribution in [0.25, 0.3) is 0 Å². The standard InChI is InChI=1S/C19H18F2N2O4S/c20-14-11-17(21)16-4-5-23(18(16)12-14)19(24)13-2-1-3-15(10-13)28(25,26)22-6-8-27-9-7-22/h1-3,10-12H,4-9H2. The zero-order valence-corrected chi connectivity index (χ0v) is 15.7. The first kappa shape index (κ1) is 19.0. The van der Waals surface area contributed by atoms with E-state index in [1.165, 1.54) is 33.5 Å². The lowest BCUT2D eigenvalue weighted by Gasteiger charge is -2.26. The van der Waals surface area contributed by atoms with Crippen LogP contribution in [0.3, 0.4) is 0 Å². The van der Waals surface area contributed by atoms with Crippen molar-refractivity contribution in [2.45, 2.75) is 11.3 Å². The second-order valence-corrected chi connectivity index (χ2v) is 8.57. The monoisotopic (exact) mass is 408 g/mol. The van der Waals surface area contributed by atoms with E-state index in [1.807, 2.05) is 0 Å². The lowest BCUT2D eigenvalue weighted by atomic mass is 10.1. The van der Waals surface area contributed by atoms with Crippen LogP contribution in [-0.2, 0) is 21.2 Å². The lowest BCUT2D eigenvalue weighted by Crippen LogP contribution is -2.40. The van der Waals surface area contributed by atoms with Crippen molar-refractivity contribution in [2.24, 2.45) is 0 Å². The van der Waals surface area contributed by atoms with Gasteiger partial charge in [0.1, 0.15) is 11.6 Å². The van der Waals surface area contributed by atoms with Gasteiger partial charge in [0.2, 0.25) is 10.0 Å². The highest BCUT2D eigenvalue weighted by atomic mass is 32.2. The summed E-state index contributed by atoms with van der Waals surface area (Å²) in [4.78, 5) is 14.2. The molecule has 2 aromatic rings. The molecule has 9 heteroatoms. The number of hydrogen-bond acceptors (Lipinski definition) is 4. The third kappa shape index (κ3) is 3.30. The molecule has 0 spiro atoms.